The van der Waals surface area contributed by atoms with Crippen molar-refractivity contribution in [2.45, 2.75) is 25.8 Å². The molecular formula is C24H27N3O3S. The van der Waals surface area contributed by atoms with E-state index in [1.807, 2.05) is 47.5 Å². The van der Waals surface area contributed by atoms with E-state index in [2.05, 4.69) is 22.4 Å². The number of rotatable bonds is 6. The summed E-state index contributed by atoms with van der Waals surface area (Å²) in [5.41, 5.74) is 4.33. The highest BCUT2D eigenvalue weighted by molar-refractivity contribution is 7.09. The third-order valence-electron chi connectivity index (χ3n) is 5.57. The minimum Gasteiger partial charge on any atom is -0.493 e. The first-order chi connectivity index (χ1) is 15.1. The molecule has 0 bridgehead atoms. The fourth-order valence-electron chi connectivity index (χ4n) is 4.08. The van der Waals surface area contributed by atoms with Crippen LogP contribution in [0.4, 0.5) is 4.79 Å². The quantitative estimate of drug-likeness (QED) is 0.622. The number of amides is 2. The van der Waals surface area contributed by atoms with Crippen LogP contribution < -0.4 is 14.8 Å². The number of carbonyl (C=O) groups is 1. The molecule has 0 saturated carbocycles. The molecule has 0 spiro atoms. The van der Waals surface area contributed by atoms with Crippen LogP contribution in [0.25, 0.3) is 0 Å². The van der Waals surface area contributed by atoms with Gasteiger partial charge in [0.1, 0.15) is 0 Å². The number of aryl methyl sites for hydroxylation is 1. The van der Waals surface area contributed by atoms with Crippen molar-refractivity contribution < 1.29 is 14.3 Å². The van der Waals surface area contributed by atoms with Gasteiger partial charge in [-0.2, -0.15) is 0 Å². The predicted molar refractivity (Wildman–Crippen MR) is 122 cm³/mol. The second-order valence-electron chi connectivity index (χ2n) is 7.50. The Hall–Kier alpha value is -3.06. The summed E-state index contributed by atoms with van der Waals surface area (Å²) >= 11 is 1.63. The van der Waals surface area contributed by atoms with Gasteiger partial charge in [0.05, 0.1) is 31.0 Å². The molecule has 4 rings (SSSR count). The fraction of sp³-hybridized carbons (Fsp3) is 0.333. The molecule has 2 aromatic carbocycles. The van der Waals surface area contributed by atoms with Crippen molar-refractivity contribution in [1.29, 1.82) is 0 Å². The van der Waals surface area contributed by atoms with Crippen LogP contribution in [-0.4, -0.2) is 43.2 Å². The van der Waals surface area contributed by atoms with Crippen LogP contribution in [0, 0.1) is 6.92 Å². The number of nitrogens with one attached hydrogen (secondary N) is 1. The summed E-state index contributed by atoms with van der Waals surface area (Å²) < 4.78 is 11.0. The van der Waals surface area contributed by atoms with Crippen LogP contribution in [-0.2, 0) is 12.8 Å². The number of nitrogens with zero attached hydrogens (tertiary/aromatic N) is 2. The number of benzene rings is 2. The molecule has 1 aromatic heterocycles. The first-order valence-corrected chi connectivity index (χ1v) is 11.2. The standard InChI is InChI=1S/C24H27N3O3S/c1-16-26-19(15-31-16)9-11-25-24(28)27-12-10-18-13-21(29-2)22(30-3)14-20(18)23(27)17-7-5-4-6-8-17/h4-8,13-15,23H,9-12H2,1-3H3,(H,25,28). The van der Waals surface area contributed by atoms with Crippen molar-refractivity contribution in [1.82, 2.24) is 15.2 Å². The second-order valence-corrected chi connectivity index (χ2v) is 8.56. The van der Waals surface area contributed by atoms with Crippen molar-refractivity contribution >= 4 is 17.4 Å². The average molecular weight is 438 g/mol. The van der Waals surface area contributed by atoms with Crippen molar-refractivity contribution in [3.63, 3.8) is 0 Å². The van der Waals surface area contributed by atoms with Crippen molar-refractivity contribution in [3.05, 3.63) is 75.2 Å². The van der Waals surface area contributed by atoms with Crippen LogP contribution in [0.1, 0.15) is 33.4 Å². The molecule has 2 heterocycles. The number of hydrogen-bond acceptors (Lipinski definition) is 5. The van der Waals surface area contributed by atoms with Gasteiger partial charge in [-0.3, -0.25) is 0 Å². The average Bonchev–Trinajstić information content (AvgIpc) is 3.22. The van der Waals surface area contributed by atoms with Gasteiger partial charge in [0.2, 0.25) is 0 Å². The Bertz CT molecular complexity index is 1050. The van der Waals surface area contributed by atoms with Gasteiger partial charge in [0, 0.05) is 24.9 Å². The van der Waals surface area contributed by atoms with Gasteiger partial charge < -0.3 is 19.7 Å². The van der Waals surface area contributed by atoms with Crippen molar-refractivity contribution in [2.75, 3.05) is 27.3 Å². The lowest BCUT2D eigenvalue weighted by Gasteiger charge is -2.38. The first-order valence-electron chi connectivity index (χ1n) is 10.4. The number of urea groups is 1. The van der Waals surface area contributed by atoms with E-state index >= 15 is 0 Å². The molecule has 6 nitrogen and oxygen atoms in total. The van der Waals surface area contributed by atoms with Crippen molar-refractivity contribution in [2.24, 2.45) is 0 Å². The van der Waals surface area contributed by atoms with E-state index in [4.69, 9.17) is 9.47 Å². The van der Waals surface area contributed by atoms with Crippen LogP contribution in [0.15, 0.2) is 47.8 Å². The summed E-state index contributed by atoms with van der Waals surface area (Å²) in [6.45, 7) is 3.17. The van der Waals surface area contributed by atoms with E-state index < -0.39 is 0 Å². The molecule has 1 unspecified atom stereocenters. The molecule has 0 fully saturated rings. The van der Waals surface area contributed by atoms with E-state index in [1.54, 1.807) is 25.6 Å². The summed E-state index contributed by atoms with van der Waals surface area (Å²) in [4.78, 5) is 19.6. The highest BCUT2D eigenvalue weighted by Gasteiger charge is 2.33. The van der Waals surface area contributed by atoms with E-state index in [-0.39, 0.29) is 12.1 Å². The zero-order valence-corrected chi connectivity index (χ0v) is 18.9. The lowest BCUT2D eigenvalue weighted by atomic mass is 9.88. The SMILES string of the molecule is COc1cc2c(cc1OC)C(c1ccccc1)N(C(=O)NCCc1csc(C)n1)CC2. The third-order valence-corrected chi connectivity index (χ3v) is 6.40. The summed E-state index contributed by atoms with van der Waals surface area (Å²) in [6.07, 6.45) is 1.49. The lowest BCUT2D eigenvalue weighted by molar-refractivity contribution is 0.180. The van der Waals surface area contributed by atoms with E-state index in [1.165, 1.54) is 5.56 Å². The van der Waals surface area contributed by atoms with Gasteiger partial charge in [-0.15, -0.1) is 11.3 Å². The van der Waals surface area contributed by atoms with Gasteiger partial charge in [0.15, 0.2) is 11.5 Å². The summed E-state index contributed by atoms with van der Waals surface area (Å²) in [5.74, 6) is 1.38. The molecule has 1 atom stereocenters. The minimum absolute atomic E-state index is 0.0683. The molecule has 31 heavy (non-hydrogen) atoms. The van der Waals surface area contributed by atoms with Crippen LogP contribution >= 0.6 is 11.3 Å². The molecule has 3 aromatic rings. The van der Waals surface area contributed by atoms with Gasteiger partial charge in [-0.25, -0.2) is 9.78 Å². The van der Waals surface area contributed by atoms with E-state index in [0.717, 1.165) is 34.7 Å². The number of hydrogen-bond donors (Lipinski definition) is 1. The van der Waals surface area contributed by atoms with Gasteiger partial charge in [-0.05, 0) is 42.2 Å². The highest BCUT2D eigenvalue weighted by Crippen LogP contribution is 2.40. The maximum absolute atomic E-state index is 13.2. The molecule has 0 saturated heterocycles. The Labute approximate surface area is 186 Å². The smallest absolute Gasteiger partial charge is 0.318 e. The molecule has 1 aliphatic heterocycles. The zero-order chi connectivity index (χ0) is 21.8. The summed E-state index contributed by atoms with van der Waals surface area (Å²) in [6, 6.07) is 13.9. The first kappa shape index (κ1) is 21.2. The number of methoxy groups -OCH3 is 2. The van der Waals surface area contributed by atoms with Crippen LogP contribution in [0.5, 0.6) is 11.5 Å². The van der Waals surface area contributed by atoms with Gasteiger partial charge >= 0.3 is 6.03 Å². The summed E-state index contributed by atoms with van der Waals surface area (Å²) in [5, 5.41) is 6.18. The summed E-state index contributed by atoms with van der Waals surface area (Å²) in [7, 11) is 3.28. The molecule has 0 aliphatic carbocycles. The normalized spacial score (nSPS) is 15.3. The molecule has 7 heteroatoms. The second kappa shape index (κ2) is 9.39. The predicted octanol–water partition coefficient (Wildman–Crippen LogP) is 4.37. The molecule has 1 aliphatic rings. The molecule has 162 valence electrons. The number of ether oxygens (including phenoxy) is 2. The van der Waals surface area contributed by atoms with Crippen LogP contribution in [0.3, 0.4) is 0 Å². The topological polar surface area (TPSA) is 63.7 Å². The van der Waals surface area contributed by atoms with E-state index in [0.29, 0.717) is 24.6 Å². The Morgan fingerprint density at radius 1 is 1.19 bits per heavy atom. The number of aromatic nitrogens is 1. The zero-order valence-electron chi connectivity index (χ0n) is 18.1. The monoisotopic (exact) mass is 437 g/mol. The van der Waals surface area contributed by atoms with Gasteiger partial charge in [0.25, 0.3) is 0 Å². The Morgan fingerprint density at radius 2 is 1.94 bits per heavy atom. The third kappa shape index (κ3) is 4.51. The fourth-order valence-corrected chi connectivity index (χ4v) is 4.73. The lowest BCUT2D eigenvalue weighted by Crippen LogP contribution is -2.46. The molecule has 0 radical (unpaired) electrons. The van der Waals surface area contributed by atoms with Gasteiger partial charge in [-0.1, -0.05) is 30.3 Å². The molecule has 1 N–H and O–H groups in total. The minimum atomic E-state index is -0.189. The Morgan fingerprint density at radius 3 is 2.61 bits per heavy atom. The molecular weight excluding hydrogens is 410 g/mol. The number of fused-ring (bicyclic) bond motifs is 1. The largest absolute Gasteiger partial charge is 0.493 e. The Kier molecular flexibility index (Phi) is 6.42. The maximum atomic E-state index is 13.2. The van der Waals surface area contributed by atoms with E-state index in [9.17, 15) is 4.79 Å². The Balaban J connectivity index is 1.60. The molecule has 2 amide bonds. The van der Waals surface area contributed by atoms with Crippen LogP contribution in [0.2, 0.25) is 0 Å². The van der Waals surface area contributed by atoms with Crippen molar-refractivity contribution in [3.8, 4) is 11.5 Å². The highest BCUT2D eigenvalue weighted by atomic mass is 32.1. The number of thiazole rings is 1. The number of carbonyl (C=O) groups excluding carboxylic acids is 1. The maximum Gasteiger partial charge on any atom is 0.318 e.